The molecule has 288 valence electrons. The first-order chi connectivity index (χ1) is 25.8. The van der Waals surface area contributed by atoms with Crippen LogP contribution in [0.25, 0.3) is 10.9 Å². The number of hydrogen-bond donors (Lipinski definition) is 4. The quantitative estimate of drug-likeness (QED) is 0.0642. The first-order valence-corrected chi connectivity index (χ1v) is 20.0. The molecule has 2 heterocycles. The van der Waals surface area contributed by atoms with Gasteiger partial charge in [0.1, 0.15) is 0 Å². The number of aliphatic hydroxyl groups is 1. The predicted octanol–water partition coefficient (Wildman–Crippen LogP) is 5.34. The molecule has 3 amide bonds. The Morgan fingerprint density at radius 3 is 2.41 bits per heavy atom. The molecule has 0 radical (unpaired) electrons. The second-order valence-electron chi connectivity index (χ2n) is 14.6. The number of nitrogens with zero attached hydrogens (tertiary/aromatic N) is 4. The van der Waals surface area contributed by atoms with Gasteiger partial charge < -0.3 is 25.8 Å². The molecule has 13 heteroatoms. The summed E-state index contributed by atoms with van der Waals surface area (Å²) in [6, 6.07) is 23.6. The van der Waals surface area contributed by atoms with Crippen LogP contribution in [0.1, 0.15) is 56.5 Å². The van der Waals surface area contributed by atoms with Gasteiger partial charge in [0, 0.05) is 25.0 Å². The fourth-order valence-electron chi connectivity index (χ4n) is 7.19. The molecule has 0 spiro atoms. The van der Waals surface area contributed by atoms with Crippen molar-refractivity contribution < 1.29 is 28.3 Å². The molecule has 1 fully saturated rings. The Kier molecular flexibility index (Phi) is 13.4. The van der Waals surface area contributed by atoms with Crippen molar-refractivity contribution in [1.29, 1.82) is 0 Å². The van der Waals surface area contributed by atoms with Crippen molar-refractivity contribution in [3.05, 3.63) is 107 Å². The van der Waals surface area contributed by atoms with Gasteiger partial charge in [-0.2, -0.15) is 4.31 Å². The number of aromatic nitrogens is 1. The number of urea groups is 1. The molecule has 5 atom stereocenters. The van der Waals surface area contributed by atoms with Gasteiger partial charge in [-0.3, -0.25) is 9.78 Å². The summed E-state index contributed by atoms with van der Waals surface area (Å²) < 4.78 is 29.2. The minimum Gasteiger partial charge on any atom is -0.411 e. The van der Waals surface area contributed by atoms with E-state index in [0.717, 1.165) is 27.7 Å². The second kappa shape index (κ2) is 18.0. The van der Waals surface area contributed by atoms with E-state index in [2.05, 4.69) is 15.8 Å². The third-order valence-corrected chi connectivity index (χ3v) is 12.0. The SMILES string of the molecule is CC[C@H](C)[C@H](C(=O)N[C@@H](Cc1ccccc1)[C@H](O)CN(CC(C)C)S(=O)(=O)c1ccc(/C=N/O)cc1)C1CNC(=O)N1Cc1cc(C)c2ccccc2n1. The zero-order valence-electron chi connectivity index (χ0n) is 31.6. The van der Waals surface area contributed by atoms with Crippen molar-refractivity contribution in [3.8, 4) is 0 Å². The van der Waals surface area contributed by atoms with E-state index in [9.17, 15) is 23.1 Å². The highest BCUT2D eigenvalue weighted by molar-refractivity contribution is 7.89. The average Bonchev–Trinajstić information content (AvgIpc) is 3.49. The van der Waals surface area contributed by atoms with E-state index in [-0.39, 0.29) is 61.3 Å². The molecule has 12 nitrogen and oxygen atoms in total. The lowest BCUT2D eigenvalue weighted by Gasteiger charge is -2.35. The molecule has 0 bridgehead atoms. The van der Waals surface area contributed by atoms with E-state index < -0.39 is 34.1 Å². The first kappa shape index (κ1) is 40.3. The number of fused-ring (bicyclic) bond motifs is 1. The highest BCUT2D eigenvalue weighted by Crippen LogP contribution is 2.29. The molecule has 1 aliphatic rings. The van der Waals surface area contributed by atoms with Crippen LogP contribution in [0.4, 0.5) is 4.79 Å². The van der Waals surface area contributed by atoms with Gasteiger partial charge in [0.25, 0.3) is 0 Å². The number of aliphatic hydroxyl groups excluding tert-OH is 1. The summed E-state index contributed by atoms with van der Waals surface area (Å²) >= 11 is 0. The average molecular weight is 757 g/mol. The Morgan fingerprint density at radius 1 is 1.06 bits per heavy atom. The topological polar surface area (TPSA) is 165 Å². The van der Waals surface area contributed by atoms with Crippen molar-refractivity contribution >= 4 is 39.1 Å². The van der Waals surface area contributed by atoms with Gasteiger partial charge in [-0.15, -0.1) is 0 Å². The summed E-state index contributed by atoms with van der Waals surface area (Å²) in [5.74, 6) is -1.16. The van der Waals surface area contributed by atoms with Crippen LogP contribution in [0.5, 0.6) is 0 Å². The van der Waals surface area contributed by atoms with Gasteiger partial charge in [-0.25, -0.2) is 13.2 Å². The minimum atomic E-state index is -4.07. The Balaban J connectivity index is 1.43. The largest absolute Gasteiger partial charge is 0.411 e. The third kappa shape index (κ3) is 9.62. The summed E-state index contributed by atoms with van der Waals surface area (Å²) in [4.78, 5) is 34.5. The fourth-order valence-corrected chi connectivity index (χ4v) is 8.81. The Labute approximate surface area is 318 Å². The van der Waals surface area contributed by atoms with E-state index in [1.165, 1.54) is 34.8 Å². The van der Waals surface area contributed by atoms with E-state index in [1.807, 2.05) is 95.3 Å². The Morgan fingerprint density at radius 2 is 1.74 bits per heavy atom. The van der Waals surface area contributed by atoms with Crippen LogP contribution in [0, 0.1) is 24.7 Å². The van der Waals surface area contributed by atoms with E-state index in [4.69, 9.17) is 10.2 Å². The van der Waals surface area contributed by atoms with Crippen LogP contribution in [-0.2, 0) is 27.8 Å². The Bertz CT molecular complexity index is 2030. The predicted molar refractivity (Wildman–Crippen MR) is 210 cm³/mol. The molecule has 4 N–H and O–H groups in total. The molecule has 0 aliphatic carbocycles. The third-order valence-electron chi connectivity index (χ3n) is 10.2. The molecule has 3 aromatic carbocycles. The molecular formula is C41H52N6O6S. The number of carbonyl (C=O) groups excluding carboxylic acids is 2. The fraction of sp³-hybridized carbons (Fsp3) is 0.415. The molecule has 1 unspecified atom stereocenters. The minimum absolute atomic E-state index is 0.0282. The number of sulfonamides is 1. The molecule has 1 aromatic heterocycles. The number of amides is 3. The normalized spacial score (nSPS) is 17.2. The maximum atomic E-state index is 14.6. The summed E-state index contributed by atoms with van der Waals surface area (Å²) in [5.41, 5.74) is 3.98. The summed E-state index contributed by atoms with van der Waals surface area (Å²) in [7, 11) is -4.07. The molecule has 4 aromatic rings. The van der Waals surface area contributed by atoms with E-state index in [1.54, 1.807) is 4.90 Å². The van der Waals surface area contributed by atoms with Gasteiger partial charge >= 0.3 is 6.03 Å². The molecule has 0 saturated carbocycles. The van der Waals surface area contributed by atoms with Gasteiger partial charge in [-0.05, 0) is 66.1 Å². The van der Waals surface area contributed by atoms with Gasteiger partial charge in [0.15, 0.2) is 0 Å². The lowest BCUT2D eigenvalue weighted by Crippen LogP contribution is -2.55. The molecule has 1 saturated heterocycles. The maximum absolute atomic E-state index is 14.6. The molecule has 1 aliphatic heterocycles. The summed E-state index contributed by atoms with van der Waals surface area (Å²) in [6.45, 7) is 10.1. The Hall–Kier alpha value is -4.85. The van der Waals surface area contributed by atoms with Crippen LogP contribution < -0.4 is 10.6 Å². The highest BCUT2D eigenvalue weighted by Gasteiger charge is 2.43. The zero-order chi connectivity index (χ0) is 39.0. The monoisotopic (exact) mass is 756 g/mol. The summed E-state index contributed by atoms with van der Waals surface area (Å²) in [5, 5.41) is 30.9. The second-order valence-corrected chi connectivity index (χ2v) is 16.6. The molecule has 54 heavy (non-hydrogen) atoms. The van der Waals surface area contributed by atoms with E-state index in [0.29, 0.717) is 12.0 Å². The lowest BCUT2D eigenvalue weighted by molar-refractivity contribution is -0.130. The van der Waals surface area contributed by atoms with Gasteiger partial charge in [0.05, 0.1) is 53.0 Å². The van der Waals surface area contributed by atoms with Gasteiger partial charge in [-0.1, -0.05) is 99.9 Å². The number of aryl methyl sites for hydroxylation is 1. The number of hydrogen-bond acceptors (Lipinski definition) is 8. The van der Waals surface area contributed by atoms with Gasteiger partial charge in [0.2, 0.25) is 15.9 Å². The first-order valence-electron chi connectivity index (χ1n) is 18.5. The number of para-hydroxylation sites is 1. The molecular weight excluding hydrogens is 705 g/mol. The molecule has 5 rings (SSSR count). The highest BCUT2D eigenvalue weighted by atomic mass is 32.2. The van der Waals surface area contributed by atoms with Crippen molar-refractivity contribution in [2.24, 2.45) is 22.9 Å². The number of rotatable bonds is 17. The van der Waals surface area contributed by atoms with Crippen molar-refractivity contribution in [2.75, 3.05) is 19.6 Å². The van der Waals surface area contributed by atoms with Crippen LogP contribution >= 0.6 is 0 Å². The number of benzene rings is 3. The smallest absolute Gasteiger partial charge is 0.318 e. The lowest BCUT2D eigenvalue weighted by atomic mass is 9.83. The van der Waals surface area contributed by atoms with Crippen LogP contribution in [-0.4, -0.2) is 88.9 Å². The van der Waals surface area contributed by atoms with Crippen LogP contribution in [0.15, 0.2) is 95.0 Å². The van der Waals surface area contributed by atoms with E-state index >= 15 is 0 Å². The summed E-state index contributed by atoms with van der Waals surface area (Å²) in [6.07, 6.45) is 0.829. The zero-order valence-corrected chi connectivity index (χ0v) is 32.4. The van der Waals surface area contributed by atoms with Crippen molar-refractivity contribution in [2.45, 2.75) is 77.1 Å². The number of nitrogens with one attached hydrogen (secondary N) is 2. The van der Waals surface area contributed by atoms with Crippen molar-refractivity contribution in [1.82, 2.24) is 24.8 Å². The number of oxime groups is 1. The van der Waals surface area contributed by atoms with Crippen molar-refractivity contribution in [3.63, 3.8) is 0 Å². The standard InChI is InChI=1S/C41H52N6O6S/c1-6-28(4)39(37-23-42-41(50)47(37)25-32-20-29(5)34-14-10-11-15-35(34)44-32)40(49)45-36(21-30-12-8-7-9-13-30)38(48)26-46(24-27(2)3)54(52,53)33-18-16-31(17-19-33)22-43-51/h7-20,22,27-28,36-39,48,51H,6,21,23-26H2,1-5H3,(H,42,50)(H,45,49)/b43-22+/t28-,36-,37?,38+,39-/m0/s1. The van der Waals surface area contributed by atoms with Crippen LogP contribution in [0.2, 0.25) is 0 Å². The maximum Gasteiger partial charge on any atom is 0.318 e. The number of pyridine rings is 1. The number of carbonyl (C=O) groups is 2. The van der Waals surface area contributed by atoms with Crippen LogP contribution in [0.3, 0.4) is 0 Å².